The molecule has 0 bridgehead atoms. The maximum absolute atomic E-state index is 4.79. The summed E-state index contributed by atoms with van der Waals surface area (Å²) in [5.41, 5.74) is 5.89. The number of nitrogens with zero attached hydrogens (tertiary/aromatic N) is 2. The quantitative estimate of drug-likeness (QED) is 0.790. The summed E-state index contributed by atoms with van der Waals surface area (Å²) in [6.07, 6.45) is 4.29. The van der Waals surface area contributed by atoms with Crippen LogP contribution in [0, 0.1) is 0 Å². The SMILES string of the molecule is CN(C)c1ccc(C=CC2=Nc3ccccc3C2(C)C)cc1. The van der Waals surface area contributed by atoms with Crippen molar-refractivity contribution in [3.05, 3.63) is 65.7 Å². The first-order valence-corrected chi connectivity index (χ1v) is 7.62. The van der Waals surface area contributed by atoms with Crippen LogP contribution in [0.2, 0.25) is 0 Å². The fraction of sp³-hybridized carbons (Fsp3) is 0.250. The average Bonchev–Trinajstić information content (AvgIpc) is 2.77. The summed E-state index contributed by atoms with van der Waals surface area (Å²) in [5, 5.41) is 0. The van der Waals surface area contributed by atoms with Gasteiger partial charge in [-0.3, -0.25) is 4.99 Å². The van der Waals surface area contributed by atoms with Crippen molar-refractivity contribution in [1.82, 2.24) is 0 Å². The molecule has 0 radical (unpaired) electrons. The van der Waals surface area contributed by atoms with Gasteiger partial charge in [0.2, 0.25) is 0 Å². The van der Waals surface area contributed by atoms with E-state index in [-0.39, 0.29) is 5.41 Å². The van der Waals surface area contributed by atoms with Crippen molar-refractivity contribution in [2.45, 2.75) is 19.3 Å². The van der Waals surface area contributed by atoms with Crippen LogP contribution < -0.4 is 4.90 Å². The number of rotatable bonds is 3. The molecule has 1 aliphatic heterocycles. The molecular formula is C20H22N2. The van der Waals surface area contributed by atoms with Gasteiger partial charge in [-0.05, 0) is 35.4 Å². The number of fused-ring (bicyclic) bond motifs is 1. The molecule has 2 aromatic rings. The largest absolute Gasteiger partial charge is 0.378 e. The second-order valence-corrected chi connectivity index (χ2v) is 6.46. The summed E-state index contributed by atoms with van der Waals surface area (Å²) in [6.45, 7) is 4.47. The Balaban J connectivity index is 1.85. The van der Waals surface area contributed by atoms with E-state index in [1.54, 1.807) is 0 Å². The van der Waals surface area contributed by atoms with Crippen LogP contribution in [-0.2, 0) is 5.41 Å². The monoisotopic (exact) mass is 290 g/mol. The maximum Gasteiger partial charge on any atom is 0.0674 e. The highest BCUT2D eigenvalue weighted by Crippen LogP contribution is 2.40. The summed E-state index contributed by atoms with van der Waals surface area (Å²) >= 11 is 0. The van der Waals surface area contributed by atoms with Gasteiger partial charge in [0, 0.05) is 25.2 Å². The van der Waals surface area contributed by atoms with E-state index in [2.05, 4.69) is 87.5 Å². The van der Waals surface area contributed by atoms with Gasteiger partial charge in [-0.1, -0.05) is 50.3 Å². The highest BCUT2D eigenvalue weighted by Gasteiger charge is 2.32. The Morgan fingerprint density at radius 1 is 0.909 bits per heavy atom. The third-order valence-electron chi connectivity index (χ3n) is 4.30. The molecule has 0 unspecified atom stereocenters. The molecule has 0 saturated carbocycles. The molecule has 0 atom stereocenters. The van der Waals surface area contributed by atoms with Gasteiger partial charge in [-0.25, -0.2) is 0 Å². The lowest BCUT2D eigenvalue weighted by molar-refractivity contribution is 0.740. The smallest absolute Gasteiger partial charge is 0.0674 e. The zero-order chi connectivity index (χ0) is 15.7. The van der Waals surface area contributed by atoms with Crippen molar-refractivity contribution >= 4 is 23.2 Å². The lowest BCUT2D eigenvalue weighted by atomic mass is 9.81. The van der Waals surface area contributed by atoms with E-state index in [9.17, 15) is 0 Å². The molecular weight excluding hydrogens is 268 g/mol. The molecule has 1 heterocycles. The highest BCUT2D eigenvalue weighted by molar-refractivity contribution is 6.10. The predicted molar refractivity (Wildman–Crippen MR) is 96.4 cm³/mol. The number of benzene rings is 2. The highest BCUT2D eigenvalue weighted by atomic mass is 15.1. The van der Waals surface area contributed by atoms with Gasteiger partial charge in [-0.2, -0.15) is 0 Å². The zero-order valence-electron chi connectivity index (χ0n) is 13.7. The summed E-state index contributed by atoms with van der Waals surface area (Å²) in [4.78, 5) is 6.89. The van der Waals surface area contributed by atoms with Gasteiger partial charge in [0.05, 0.1) is 11.4 Å². The second kappa shape index (κ2) is 5.45. The van der Waals surface area contributed by atoms with Crippen molar-refractivity contribution < 1.29 is 0 Å². The molecule has 0 fully saturated rings. The molecule has 22 heavy (non-hydrogen) atoms. The summed E-state index contributed by atoms with van der Waals surface area (Å²) < 4.78 is 0. The summed E-state index contributed by atoms with van der Waals surface area (Å²) in [6, 6.07) is 16.9. The van der Waals surface area contributed by atoms with E-state index >= 15 is 0 Å². The lowest BCUT2D eigenvalue weighted by Crippen LogP contribution is -2.23. The van der Waals surface area contributed by atoms with Gasteiger partial charge < -0.3 is 4.90 Å². The van der Waals surface area contributed by atoms with Crippen LogP contribution in [0.15, 0.2) is 59.6 Å². The molecule has 0 saturated heterocycles. The fourth-order valence-electron chi connectivity index (χ4n) is 2.81. The minimum atomic E-state index is -0.0311. The zero-order valence-corrected chi connectivity index (χ0v) is 13.7. The van der Waals surface area contributed by atoms with Gasteiger partial charge in [0.15, 0.2) is 0 Å². The minimum absolute atomic E-state index is 0.0311. The summed E-state index contributed by atoms with van der Waals surface area (Å²) in [7, 11) is 4.11. The van der Waals surface area contributed by atoms with Crippen LogP contribution in [0.1, 0.15) is 25.0 Å². The topological polar surface area (TPSA) is 15.6 Å². The first-order chi connectivity index (χ1) is 10.5. The summed E-state index contributed by atoms with van der Waals surface area (Å²) in [5.74, 6) is 0. The van der Waals surface area contributed by atoms with Gasteiger partial charge in [0.25, 0.3) is 0 Å². The molecule has 2 heteroatoms. The Kier molecular flexibility index (Phi) is 3.61. The Morgan fingerprint density at radius 3 is 2.23 bits per heavy atom. The Morgan fingerprint density at radius 2 is 1.59 bits per heavy atom. The van der Waals surface area contributed by atoms with Crippen molar-refractivity contribution in [3.8, 4) is 0 Å². The van der Waals surface area contributed by atoms with Gasteiger partial charge in [-0.15, -0.1) is 0 Å². The van der Waals surface area contributed by atoms with E-state index in [1.807, 2.05) is 6.07 Å². The normalized spacial score (nSPS) is 15.7. The standard InChI is InChI=1S/C20H22N2/c1-20(2)17-7-5-6-8-18(17)21-19(20)14-11-15-9-12-16(13-10-15)22(3)4/h5-14H,1-4H3. The molecule has 2 aromatic carbocycles. The molecule has 0 spiro atoms. The Hall–Kier alpha value is -2.35. The van der Waals surface area contributed by atoms with Crippen LogP contribution >= 0.6 is 0 Å². The molecule has 0 N–H and O–H groups in total. The molecule has 112 valence electrons. The van der Waals surface area contributed by atoms with E-state index in [0.29, 0.717) is 0 Å². The van der Waals surface area contributed by atoms with E-state index in [0.717, 1.165) is 11.4 Å². The number of hydrogen-bond acceptors (Lipinski definition) is 2. The molecule has 2 nitrogen and oxygen atoms in total. The van der Waals surface area contributed by atoms with Gasteiger partial charge >= 0.3 is 0 Å². The maximum atomic E-state index is 4.79. The van der Waals surface area contributed by atoms with Crippen LogP contribution in [0.5, 0.6) is 0 Å². The third kappa shape index (κ3) is 2.57. The fourth-order valence-corrected chi connectivity index (χ4v) is 2.81. The van der Waals surface area contributed by atoms with Crippen LogP contribution in [0.25, 0.3) is 6.08 Å². The molecule has 0 amide bonds. The van der Waals surface area contributed by atoms with Crippen LogP contribution in [0.4, 0.5) is 11.4 Å². The molecule has 0 aromatic heterocycles. The first-order valence-electron chi connectivity index (χ1n) is 7.62. The first kappa shape index (κ1) is 14.6. The second-order valence-electron chi connectivity index (χ2n) is 6.46. The number of allylic oxidation sites excluding steroid dienone is 1. The van der Waals surface area contributed by atoms with Crippen molar-refractivity contribution in [2.75, 3.05) is 19.0 Å². The molecule has 0 aliphatic carbocycles. The number of hydrogen-bond donors (Lipinski definition) is 0. The average molecular weight is 290 g/mol. The molecule has 3 rings (SSSR count). The van der Waals surface area contributed by atoms with Crippen molar-refractivity contribution in [2.24, 2.45) is 4.99 Å². The Labute approximate surface area is 132 Å². The van der Waals surface area contributed by atoms with Crippen LogP contribution in [0.3, 0.4) is 0 Å². The van der Waals surface area contributed by atoms with E-state index in [1.165, 1.54) is 16.8 Å². The van der Waals surface area contributed by atoms with Crippen molar-refractivity contribution in [1.29, 1.82) is 0 Å². The Bertz CT molecular complexity index is 735. The van der Waals surface area contributed by atoms with E-state index in [4.69, 9.17) is 4.99 Å². The lowest BCUT2D eigenvalue weighted by Gasteiger charge is -2.20. The number of aliphatic imine (C=N–C) groups is 1. The third-order valence-corrected chi connectivity index (χ3v) is 4.30. The number of para-hydroxylation sites is 1. The van der Waals surface area contributed by atoms with Gasteiger partial charge in [0.1, 0.15) is 0 Å². The van der Waals surface area contributed by atoms with Crippen LogP contribution in [-0.4, -0.2) is 19.8 Å². The predicted octanol–water partition coefficient (Wildman–Crippen LogP) is 4.83. The van der Waals surface area contributed by atoms with E-state index < -0.39 is 0 Å². The molecule has 1 aliphatic rings. The van der Waals surface area contributed by atoms with Crippen molar-refractivity contribution in [3.63, 3.8) is 0 Å². The minimum Gasteiger partial charge on any atom is -0.378 e. The number of anilines is 1.